The van der Waals surface area contributed by atoms with Crippen molar-refractivity contribution < 1.29 is 4.74 Å². The van der Waals surface area contributed by atoms with E-state index in [9.17, 15) is 0 Å². The zero-order chi connectivity index (χ0) is 14.2. The molecule has 2 aliphatic carbocycles. The Morgan fingerprint density at radius 1 is 1.25 bits per heavy atom. The third kappa shape index (κ3) is 2.77. The molecule has 0 aromatic heterocycles. The van der Waals surface area contributed by atoms with E-state index >= 15 is 0 Å². The summed E-state index contributed by atoms with van der Waals surface area (Å²) >= 11 is 0. The second kappa shape index (κ2) is 5.58. The summed E-state index contributed by atoms with van der Waals surface area (Å²) in [6.45, 7) is 8.19. The van der Waals surface area contributed by atoms with E-state index in [0.29, 0.717) is 17.2 Å². The molecule has 3 nitrogen and oxygen atoms in total. The average molecular weight is 280 g/mol. The van der Waals surface area contributed by atoms with Gasteiger partial charge in [0.2, 0.25) is 0 Å². The highest BCUT2D eigenvalue weighted by Crippen LogP contribution is 2.46. The van der Waals surface area contributed by atoms with Crippen molar-refractivity contribution in [3.05, 3.63) is 0 Å². The Morgan fingerprint density at radius 2 is 1.95 bits per heavy atom. The first-order valence-corrected chi connectivity index (χ1v) is 8.61. The molecule has 116 valence electrons. The average Bonchev–Trinajstić information content (AvgIpc) is 3.29. The van der Waals surface area contributed by atoms with Gasteiger partial charge in [0.25, 0.3) is 0 Å². The predicted octanol–water partition coefficient (Wildman–Crippen LogP) is 2.80. The molecule has 3 heteroatoms. The van der Waals surface area contributed by atoms with Gasteiger partial charge in [-0.25, -0.2) is 0 Å². The Kier molecular flexibility index (Phi) is 4.13. The largest absolute Gasteiger partial charge is 0.380 e. The third-order valence-electron chi connectivity index (χ3n) is 6.18. The Labute approximate surface area is 124 Å². The van der Waals surface area contributed by atoms with Crippen LogP contribution >= 0.6 is 0 Å². The van der Waals surface area contributed by atoms with Crippen LogP contribution in [-0.4, -0.2) is 48.8 Å². The number of methoxy groups -OCH3 is 1. The molecule has 0 radical (unpaired) electrons. The van der Waals surface area contributed by atoms with Crippen molar-refractivity contribution in [2.45, 2.75) is 76.0 Å². The summed E-state index contributed by atoms with van der Waals surface area (Å²) in [6, 6.07) is 0. The van der Waals surface area contributed by atoms with Crippen molar-refractivity contribution in [1.29, 1.82) is 0 Å². The van der Waals surface area contributed by atoms with Crippen molar-refractivity contribution >= 4 is 0 Å². The van der Waals surface area contributed by atoms with Gasteiger partial charge in [-0.2, -0.15) is 0 Å². The van der Waals surface area contributed by atoms with Crippen LogP contribution in [0.5, 0.6) is 0 Å². The lowest BCUT2D eigenvalue weighted by Crippen LogP contribution is -2.71. The molecule has 1 N–H and O–H groups in total. The normalized spacial score (nSPS) is 36.1. The molecular weight excluding hydrogens is 248 g/mol. The highest BCUT2D eigenvalue weighted by molar-refractivity contribution is 5.09. The van der Waals surface area contributed by atoms with E-state index in [4.69, 9.17) is 4.74 Å². The smallest absolute Gasteiger partial charge is 0.0670 e. The number of piperazine rings is 1. The number of hydrogen-bond acceptors (Lipinski definition) is 3. The molecule has 0 aromatic rings. The monoisotopic (exact) mass is 280 g/mol. The van der Waals surface area contributed by atoms with Crippen LogP contribution in [0.4, 0.5) is 0 Å². The molecule has 3 rings (SSSR count). The lowest BCUT2D eigenvalue weighted by atomic mass is 9.76. The Balaban J connectivity index is 1.74. The molecule has 0 aromatic carbocycles. The van der Waals surface area contributed by atoms with Crippen molar-refractivity contribution in [3.8, 4) is 0 Å². The Hall–Kier alpha value is -0.120. The molecule has 20 heavy (non-hydrogen) atoms. The van der Waals surface area contributed by atoms with Gasteiger partial charge in [-0.05, 0) is 45.4 Å². The van der Waals surface area contributed by atoms with Crippen LogP contribution in [0.2, 0.25) is 0 Å². The maximum Gasteiger partial charge on any atom is 0.0670 e. The van der Waals surface area contributed by atoms with Crippen molar-refractivity contribution in [3.63, 3.8) is 0 Å². The highest BCUT2D eigenvalue weighted by Gasteiger charge is 2.52. The van der Waals surface area contributed by atoms with Crippen molar-refractivity contribution in [2.75, 3.05) is 26.7 Å². The van der Waals surface area contributed by atoms with E-state index in [-0.39, 0.29) is 0 Å². The fourth-order valence-electron chi connectivity index (χ4n) is 4.41. The molecule has 1 heterocycles. The molecule has 2 atom stereocenters. The number of nitrogens with one attached hydrogen (secondary N) is 1. The number of ether oxygens (including phenoxy) is 1. The SMILES string of the molecule is COC(C)CN1CC2(CCCCC2)NCC1(C)C1CC1. The Bertz CT molecular complexity index is 336. The summed E-state index contributed by atoms with van der Waals surface area (Å²) in [4.78, 5) is 2.78. The number of rotatable bonds is 4. The first kappa shape index (κ1) is 14.8. The summed E-state index contributed by atoms with van der Waals surface area (Å²) in [7, 11) is 1.84. The van der Waals surface area contributed by atoms with Crippen LogP contribution in [0.25, 0.3) is 0 Å². The first-order valence-electron chi connectivity index (χ1n) is 8.61. The minimum Gasteiger partial charge on any atom is -0.380 e. The topological polar surface area (TPSA) is 24.5 Å². The third-order valence-corrected chi connectivity index (χ3v) is 6.18. The maximum atomic E-state index is 5.56. The fourth-order valence-corrected chi connectivity index (χ4v) is 4.41. The second-order valence-corrected chi connectivity index (χ2v) is 7.75. The van der Waals surface area contributed by atoms with Gasteiger partial charge in [0.15, 0.2) is 0 Å². The van der Waals surface area contributed by atoms with Gasteiger partial charge in [-0.3, -0.25) is 4.90 Å². The van der Waals surface area contributed by atoms with Crippen LogP contribution in [0, 0.1) is 5.92 Å². The van der Waals surface area contributed by atoms with E-state index in [2.05, 4.69) is 24.1 Å². The van der Waals surface area contributed by atoms with E-state index in [1.807, 2.05) is 7.11 Å². The van der Waals surface area contributed by atoms with E-state index < -0.39 is 0 Å². The van der Waals surface area contributed by atoms with E-state index in [1.165, 1.54) is 58.0 Å². The molecule has 1 spiro atoms. The van der Waals surface area contributed by atoms with Gasteiger partial charge in [0, 0.05) is 37.8 Å². The molecule has 0 bridgehead atoms. The maximum absolute atomic E-state index is 5.56. The zero-order valence-electron chi connectivity index (χ0n) is 13.6. The number of nitrogens with zero attached hydrogens (tertiary/aromatic N) is 1. The highest BCUT2D eigenvalue weighted by atomic mass is 16.5. The van der Waals surface area contributed by atoms with Gasteiger partial charge in [0.1, 0.15) is 0 Å². The summed E-state index contributed by atoms with van der Waals surface area (Å²) in [5, 5.41) is 3.99. The molecule has 1 saturated heterocycles. The zero-order valence-corrected chi connectivity index (χ0v) is 13.6. The lowest BCUT2D eigenvalue weighted by Gasteiger charge is -2.55. The summed E-state index contributed by atoms with van der Waals surface area (Å²) in [6.07, 6.45) is 10.1. The van der Waals surface area contributed by atoms with Gasteiger partial charge >= 0.3 is 0 Å². The van der Waals surface area contributed by atoms with Gasteiger partial charge in [0.05, 0.1) is 6.10 Å². The van der Waals surface area contributed by atoms with Gasteiger partial charge < -0.3 is 10.1 Å². The molecule has 3 fully saturated rings. The summed E-state index contributed by atoms with van der Waals surface area (Å²) < 4.78 is 5.56. The van der Waals surface area contributed by atoms with Crippen LogP contribution in [0.3, 0.4) is 0 Å². The Morgan fingerprint density at radius 3 is 2.55 bits per heavy atom. The first-order chi connectivity index (χ1) is 9.58. The standard InChI is InChI=1S/C17H32N2O/c1-14(20-3)11-19-13-17(9-5-4-6-10-17)18-12-16(19,2)15-7-8-15/h14-15,18H,4-13H2,1-3H3. The molecule has 3 aliphatic rings. The van der Waals surface area contributed by atoms with Crippen LogP contribution in [-0.2, 0) is 4.74 Å². The van der Waals surface area contributed by atoms with Gasteiger partial charge in [-0.15, -0.1) is 0 Å². The van der Waals surface area contributed by atoms with Crippen molar-refractivity contribution in [1.82, 2.24) is 10.2 Å². The molecular formula is C17H32N2O. The van der Waals surface area contributed by atoms with Crippen LogP contribution < -0.4 is 5.32 Å². The molecule has 1 aliphatic heterocycles. The minimum atomic E-state index is 0.340. The van der Waals surface area contributed by atoms with E-state index in [1.54, 1.807) is 0 Å². The second-order valence-electron chi connectivity index (χ2n) is 7.75. The fraction of sp³-hybridized carbons (Fsp3) is 1.00. The number of hydrogen-bond donors (Lipinski definition) is 1. The predicted molar refractivity (Wildman–Crippen MR) is 83.0 cm³/mol. The molecule has 0 amide bonds. The minimum absolute atomic E-state index is 0.340. The van der Waals surface area contributed by atoms with Crippen molar-refractivity contribution in [2.24, 2.45) is 5.92 Å². The van der Waals surface area contributed by atoms with Crippen LogP contribution in [0.15, 0.2) is 0 Å². The summed E-state index contributed by atoms with van der Waals surface area (Å²) in [5.41, 5.74) is 0.760. The van der Waals surface area contributed by atoms with Crippen LogP contribution in [0.1, 0.15) is 58.8 Å². The van der Waals surface area contributed by atoms with Gasteiger partial charge in [-0.1, -0.05) is 19.3 Å². The van der Waals surface area contributed by atoms with E-state index in [0.717, 1.165) is 12.5 Å². The summed E-state index contributed by atoms with van der Waals surface area (Å²) in [5.74, 6) is 0.903. The quantitative estimate of drug-likeness (QED) is 0.857. The molecule has 2 saturated carbocycles. The lowest BCUT2D eigenvalue weighted by molar-refractivity contribution is -0.0407. The molecule has 2 unspecified atom stereocenters.